The monoisotopic (exact) mass is 376 g/mol. The molecule has 0 spiro atoms. The topological polar surface area (TPSA) is 44.8 Å². The van der Waals surface area contributed by atoms with E-state index in [2.05, 4.69) is 0 Å². The van der Waals surface area contributed by atoms with Crippen molar-refractivity contribution in [3.63, 3.8) is 0 Å². The predicted molar refractivity (Wildman–Crippen MR) is 103 cm³/mol. The zero-order chi connectivity index (χ0) is 19.5. The molecule has 1 heterocycles. The summed E-state index contributed by atoms with van der Waals surface area (Å²) in [6.07, 6.45) is 1.41. The second kappa shape index (κ2) is 7.56. The van der Waals surface area contributed by atoms with Gasteiger partial charge in [0, 0.05) is 11.6 Å². The van der Waals surface area contributed by atoms with Crippen molar-refractivity contribution >= 4 is 11.9 Å². The molecule has 0 atom stereocenters. The van der Waals surface area contributed by atoms with Gasteiger partial charge in [0.25, 0.3) is 0 Å². The van der Waals surface area contributed by atoms with Gasteiger partial charge in [-0.15, -0.1) is 0 Å². The Morgan fingerprint density at radius 2 is 1.75 bits per heavy atom. The smallest absolute Gasteiger partial charge is 0.231 e. The van der Waals surface area contributed by atoms with Crippen LogP contribution in [0.15, 0.2) is 72.5 Å². The highest BCUT2D eigenvalue weighted by atomic mass is 19.1. The molecule has 0 amide bonds. The molecule has 0 radical (unpaired) electrons. The third-order valence-electron chi connectivity index (χ3n) is 4.40. The average molecular weight is 376 g/mol. The molecule has 1 aliphatic heterocycles. The lowest BCUT2D eigenvalue weighted by Gasteiger charge is -2.08. The van der Waals surface area contributed by atoms with Crippen molar-refractivity contribution in [1.82, 2.24) is 0 Å². The van der Waals surface area contributed by atoms with Crippen LogP contribution in [0.2, 0.25) is 0 Å². The Labute approximate surface area is 161 Å². The molecule has 28 heavy (non-hydrogen) atoms. The van der Waals surface area contributed by atoms with Gasteiger partial charge in [-0.2, -0.15) is 0 Å². The number of Topliss-reactive ketones (excluding diaryl/α,β-unsaturated/α-hetero) is 1. The molecule has 5 heteroatoms. The van der Waals surface area contributed by atoms with Gasteiger partial charge in [-0.05, 0) is 42.0 Å². The first-order valence-electron chi connectivity index (χ1n) is 8.72. The number of ketones is 1. The van der Waals surface area contributed by atoms with Crippen LogP contribution < -0.4 is 14.2 Å². The van der Waals surface area contributed by atoms with Crippen LogP contribution in [0.4, 0.5) is 4.39 Å². The van der Waals surface area contributed by atoms with Gasteiger partial charge in [-0.1, -0.05) is 30.3 Å². The highest BCUT2D eigenvalue weighted by Gasteiger charge is 2.28. The second-order valence-electron chi connectivity index (χ2n) is 6.26. The number of benzene rings is 3. The molecule has 0 N–H and O–H groups in total. The van der Waals surface area contributed by atoms with Crippen LogP contribution in [0.25, 0.3) is 6.08 Å². The number of rotatable bonds is 5. The molecular weight excluding hydrogens is 359 g/mol. The molecule has 0 aromatic heterocycles. The summed E-state index contributed by atoms with van der Waals surface area (Å²) in [5.74, 6) is 1.16. The molecule has 0 saturated heterocycles. The largest absolute Gasteiger partial charge is 0.497 e. The van der Waals surface area contributed by atoms with Crippen LogP contribution >= 0.6 is 0 Å². The van der Waals surface area contributed by atoms with E-state index in [1.807, 2.05) is 24.3 Å². The number of fused-ring (bicyclic) bond motifs is 1. The number of methoxy groups -OCH3 is 1. The maximum atomic E-state index is 13.8. The fraction of sp³-hybridized carbons (Fsp3) is 0.0870. The number of halogens is 1. The Balaban J connectivity index is 1.49. The second-order valence-corrected chi connectivity index (χ2v) is 6.26. The molecule has 0 bridgehead atoms. The van der Waals surface area contributed by atoms with Gasteiger partial charge in [0.05, 0.1) is 12.7 Å². The summed E-state index contributed by atoms with van der Waals surface area (Å²) in [6, 6.07) is 18.8. The number of hydrogen-bond acceptors (Lipinski definition) is 4. The van der Waals surface area contributed by atoms with Gasteiger partial charge in [0.2, 0.25) is 5.78 Å². The highest BCUT2D eigenvalue weighted by molar-refractivity contribution is 6.14. The van der Waals surface area contributed by atoms with E-state index >= 15 is 0 Å². The Kier molecular flexibility index (Phi) is 4.81. The summed E-state index contributed by atoms with van der Waals surface area (Å²) in [7, 11) is 1.62. The summed E-state index contributed by atoms with van der Waals surface area (Å²) < 4.78 is 30.4. The molecule has 0 fully saturated rings. The van der Waals surface area contributed by atoms with Gasteiger partial charge in [0.15, 0.2) is 5.76 Å². The number of carbonyl (C=O) groups is 1. The van der Waals surface area contributed by atoms with Gasteiger partial charge in [-0.3, -0.25) is 4.79 Å². The molecule has 140 valence electrons. The van der Waals surface area contributed by atoms with E-state index < -0.39 is 5.82 Å². The number of carbonyl (C=O) groups excluding carboxylic acids is 1. The summed E-state index contributed by atoms with van der Waals surface area (Å²) >= 11 is 0. The molecule has 4 rings (SSSR count). The van der Waals surface area contributed by atoms with Gasteiger partial charge < -0.3 is 14.2 Å². The van der Waals surface area contributed by atoms with E-state index in [-0.39, 0.29) is 11.5 Å². The summed E-state index contributed by atoms with van der Waals surface area (Å²) in [5.41, 5.74) is 1.72. The molecule has 3 aromatic carbocycles. The minimum atomic E-state index is -0.411. The Hall–Kier alpha value is -3.60. The van der Waals surface area contributed by atoms with Crippen molar-refractivity contribution in [2.24, 2.45) is 0 Å². The van der Waals surface area contributed by atoms with E-state index in [1.165, 1.54) is 12.1 Å². The third kappa shape index (κ3) is 3.60. The Morgan fingerprint density at radius 1 is 1.00 bits per heavy atom. The van der Waals surface area contributed by atoms with Crippen molar-refractivity contribution in [2.45, 2.75) is 6.61 Å². The van der Waals surface area contributed by atoms with Crippen molar-refractivity contribution in [2.75, 3.05) is 7.11 Å². The Bertz CT molecular complexity index is 1050. The summed E-state index contributed by atoms with van der Waals surface area (Å²) in [6.45, 7) is 0.370. The van der Waals surface area contributed by atoms with Crippen LogP contribution in [0.5, 0.6) is 17.2 Å². The summed E-state index contributed by atoms with van der Waals surface area (Å²) in [4.78, 5) is 12.5. The van der Waals surface area contributed by atoms with E-state index in [9.17, 15) is 9.18 Å². The zero-order valence-corrected chi connectivity index (χ0v) is 15.1. The van der Waals surface area contributed by atoms with Crippen LogP contribution in [0.3, 0.4) is 0 Å². The fourth-order valence-electron chi connectivity index (χ4n) is 2.88. The van der Waals surface area contributed by atoms with Crippen LogP contribution in [0, 0.1) is 5.82 Å². The summed E-state index contributed by atoms with van der Waals surface area (Å²) in [5, 5.41) is 0. The van der Waals surface area contributed by atoms with E-state index in [0.29, 0.717) is 29.2 Å². The highest BCUT2D eigenvalue weighted by Crippen LogP contribution is 2.35. The average Bonchev–Trinajstić information content (AvgIpc) is 3.03. The van der Waals surface area contributed by atoms with Crippen molar-refractivity contribution < 1.29 is 23.4 Å². The van der Waals surface area contributed by atoms with Crippen LogP contribution in [0.1, 0.15) is 21.5 Å². The molecule has 0 saturated carbocycles. The molecule has 0 aliphatic carbocycles. The minimum Gasteiger partial charge on any atom is -0.497 e. The van der Waals surface area contributed by atoms with Gasteiger partial charge >= 0.3 is 0 Å². The third-order valence-corrected chi connectivity index (χ3v) is 4.40. The number of ether oxygens (including phenoxy) is 3. The predicted octanol–water partition coefficient (Wildman–Crippen LogP) is 5.03. The molecular formula is C23H17FO4. The SMILES string of the molecule is COc1ccc(COc2ccc3c(c2)O/C(=C\c2ccccc2F)C3=O)cc1. The van der Waals surface area contributed by atoms with E-state index in [1.54, 1.807) is 43.5 Å². The fourth-order valence-corrected chi connectivity index (χ4v) is 2.88. The van der Waals surface area contributed by atoms with Crippen LogP contribution in [-0.2, 0) is 6.61 Å². The molecule has 3 aromatic rings. The lowest BCUT2D eigenvalue weighted by molar-refractivity contribution is 0.101. The Morgan fingerprint density at radius 3 is 2.50 bits per heavy atom. The molecule has 1 aliphatic rings. The number of hydrogen-bond donors (Lipinski definition) is 0. The van der Waals surface area contributed by atoms with E-state index in [0.717, 1.165) is 11.3 Å². The maximum Gasteiger partial charge on any atom is 0.231 e. The lowest BCUT2D eigenvalue weighted by Crippen LogP contribution is -1.98. The van der Waals surface area contributed by atoms with Crippen molar-refractivity contribution in [3.05, 3.63) is 95.0 Å². The van der Waals surface area contributed by atoms with E-state index in [4.69, 9.17) is 14.2 Å². The van der Waals surface area contributed by atoms with Crippen LogP contribution in [-0.4, -0.2) is 12.9 Å². The first-order chi connectivity index (χ1) is 13.6. The maximum absolute atomic E-state index is 13.8. The van der Waals surface area contributed by atoms with Gasteiger partial charge in [0.1, 0.15) is 29.7 Å². The standard InChI is InChI=1S/C23H17FO4/c1-26-17-8-6-15(7-9-17)14-27-18-10-11-19-21(13-18)28-22(23(19)25)12-16-4-2-3-5-20(16)24/h2-13H,14H2,1H3/b22-12-. The molecule has 0 unspecified atom stereocenters. The normalized spacial score (nSPS) is 13.9. The van der Waals surface area contributed by atoms with Crippen molar-refractivity contribution in [3.8, 4) is 17.2 Å². The number of allylic oxidation sites excluding steroid dienone is 1. The van der Waals surface area contributed by atoms with Gasteiger partial charge in [-0.25, -0.2) is 4.39 Å². The lowest BCUT2D eigenvalue weighted by atomic mass is 10.1. The minimum absolute atomic E-state index is 0.0902. The first kappa shape index (κ1) is 17.8. The van der Waals surface area contributed by atoms with Crippen molar-refractivity contribution in [1.29, 1.82) is 0 Å². The molecule has 4 nitrogen and oxygen atoms in total. The first-order valence-corrected chi connectivity index (χ1v) is 8.72. The zero-order valence-electron chi connectivity index (χ0n) is 15.1. The quantitative estimate of drug-likeness (QED) is 0.586.